The molecule has 1 heterocycles. The second-order valence-electron chi connectivity index (χ2n) is 4.29. The Morgan fingerprint density at radius 3 is 2.44 bits per heavy atom. The van der Waals surface area contributed by atoms with Gasteiger partial charge >= 0.3 is 0 Å². The Hall–Kier alpha value is -0.200. The van der Waals surface area contributed by atoms with Crippen LogP contribution in [0.25, 0.3) is 0 Å². The van der Waals surface area contributed by atoms with E-state index in [0.29, 0.717) is 19.6 Å². The van der Waals surface area contributed by atoms with Crippen LogP contribution >= 0.6 is 0 Å². The highest BCUT2D eigenvalue weighted by Crippen LogP contribution is 1.98. The number of nitrogens with one attached hydrogen (secondary N) is 1. The lowest BCUT2D eigenvalue weighted by Crippen LogP contribution is -2.44. The zero-order valence-electron chi connectivity index (χ0n) is 10.1. The smallest absolute Gasteiger partial charge is 0.0791 e. The van der Waals surface area contributed by atoms with Gasteiger partial charge in [0.1, 0.15) is 0 Å². The van der Waals surface area contributed by atoms with E-state index < -0.39 is 0 Å². The van der Waals surface area contributed by atoms with E-state index in [0.717, 1.165) is 32.7 Å². The first-order valence-electron chi connectivity index (χ1n) is 6.09. The maximum atomic E-state index is 9.76. The molecular weight excluding hydrogens is 208 g/mol. The molecule has 0 spiro atoms. The zero-order valence-corrected chi connectivity index (χ0v) is 10.1. The lowest BCUT2D eigenvalue weighted by Gasteiger charge is -2.28. The minimum absolute atomic E-state index is 0.310. The van der Waals surface area contributed by atoms with Gasteiger partial charge in [0, 0.05) is 32.7 Å². The van der Waals surface area contributed by atoms with E-state index in [-0.39, 0.29) is 12.2 Å². The van der Waals surface area contributed by atoms with Gasteiger partial charge in [0.2, 0.25) is 0 Å². The van der Waals surface area contributed by atoms with E-state index in [4.69, 9.17) is 4.74 Å². The minimum Gasteiger partial charge on any atom is -0.392 e. The summed E-state index contributed by atoms with van der Waals surface area (Å²) in [5, 5.41) is 22.1. The van der Waals surface area contributed by atoms with Crippen molar-refractivity contribution in [2.45, 2.75) is 25.6 Å². The van der Waals surface area contributed by atoms with E-state index >= 15 is 0 Å². The van der Waals surface area contributed by atoms with E-state index in [9.17, 15) is 10.2 Å². The highest BCUT2D eigenvalue weighted by atomic mass is 16.5. The molecule has 0 aliphatic carbocycles. The SMILES string of the molecule is CCC(O)CNCC(O)CN1CCOCC1. The van der Waals surface area contributed by atoms with Gasteiger partial charge in [-0.25, -0.2) is 0 Å². The lowest BCUT2D eigenvalue weighted by molar-refractivity contribution is 0.0144. The molecule has 96 valence electrons. The molecule has 1 aliphatic heterocycles. The first-order valence-corrected chi connectivity index (χ1v) is 6.09. The van der Waals surface area contributed by atoms with Gasteiger partial charge < -0.3 is 20.3 Å². The van der Waals surface area contributed by atoms with Crippen LogP contribution in [0.3, 0.4) is 0 Å². The van der Waals surface area contributed by atoms with Crippen LogP contribution in [0.4, 0.5) is 0 Å². The van der Waals surface area contributed by atoms with Gasteiger partial charge in [-0.05, 0) is 6.42 Å². The van der Waals surface area contributed by atoms with Crippen LogP contribution in [-0.2, 0) is 4.74 Å². The number of aliphatic hydroxyl groups excluding tert-OH is 2. The molecule has 16 heavy (non-hydrogen) atoms. The third-order valence-corrected chi connectivity index (χ3v) is 2.80. The Bertz CT molecular complexity index is 175. The van der Waals surface area contributed by atoms with Crippen molar-refractivity contribution in [2.24, 2.45) is 0 Å². The maximum Gasteiger partial charge on any atom is 0.0791 e. The van der Waals surface area contributed by atoms with E-state index in [1.807, 2.05) is 6.92 Å². The first-order chi connectivity index (χ1) is 7.72. The Balaban J connectivity index is 2.03. The summed E-state index contributed by atoms with van der Waals surface area (Å²) in [6, 6.07) is 0. The van der Waals surface area contributed by atoms with Crippen LogP contribution in [0.15, 0.2) is 0 Å². The fourth-order valence-corrected chi connectivity index (χ4v) is 1.71. The van der Waals surface area contributed by atoms with Gasteiger partial charge in [-0.15, -0.1) is 0 Å². The van der Waals surface area contributed by atoms with Crippen molar-refractivity contribution in [3.05, 3.63) is 0 Å². The van der Waals surface area contributed by atoms with E-state index in [1.165, 1.54) is 0 Å². The highest BCUT2D eigenvalue weighted by Gasteiger charge is 2.14. The number of rotatable bonds is 7. The molecule has 0 saturated carbocycles. The standard InChI is InChI=1S/C11H24N2O3/c1-2-10(14)7-12-8-11(15)9-13-3-5-16-6-4-13/h10-12,14-15H,2-9H2,1H3. The summed E-state index contributed by atoms with van der Waals surface area (Å²) in [5.41, 5.74) is 0. The molecule has 0 aromatic heterocycles. The molecule has 0 amide bonds. The quantitative estimate of drug-likeness (QED) is 0.528. The first kappa shape index (κ1) is 13.9. The average Bonchev–Trinajstić information content (AvgIpc) is 2.30. The fourth-order valence-electron chi connectivity index (χ4n) is 1.71. The molecule has 2 unspecified atom stereocenters. The molecule has 0 aromatic carbocycles. The largest absolute Gasteiger partial charge is 0.392 e. The predicted molar refractivity (Wildman–Crippen MR) is 62.4 cm³/mol. The second-order valence-corrected chi connectivity index (χ2v) is 4.29. The average molecular weight is 232 g/mol. The number of hydrogen-bond acceptors (Lipinski definition) is 5. The summed E-state index contributed by atoms with van der Waals surface area (Å²) in [5.74, 6) is 0. The molecule has 1 rings (SSSR count). The van der Waals surface area contributed by atoms with Crippen LogP contribution < -0.4 is 5.32 Å². The van der Waals surface area contributed by atoms with E-state index in [1.54, 1.807) is 0 Å². The molecule has 0 bridgehead atoms. The van der Waals surface area contributed by atoms with Crippen molar-refractivity contribution < 1.29 is 14.9 Å². The third kappa shape index (κ3) is 5.77. The normalized spacial score (nSPS) is 21.9. The number of aliphatic hydroxyl groups is 2. The van der Waals surface area contributed by atoms with Gasteiger partial charge in [-0.3, -0.25) is 4.90 Å². The topological polar surface area (TPSA) is 65.0 Å². The summed E-state index contributed by atoms with van der Waals surface area (Å²) < 4.78 is 5.24. The molecule has 5 heteroatoms. The predicted octanol–water partition coefficient (Wildman–Crippen LogP) is -0.960. The van der Waals surface area contributed by atoms with Gasteiger partial charge in [0.05, 0.1) is 25.4 Å². The summed E-state index contributed by atoms with van der Waals surface area (Å²) in [4.78, 5) is 2.20. The van der Waals surface area contributed by atoms with Crippen LogP contribution in [0.2, 0.25) is 0 Å². The summed E-state index contributed by atoms with van der Waals surface area (Å²) >= 11 is 0. The Kier molecular flexibility index (Phi) is 6.91. The third-order valence-electron chi connectivity index (χ3n) is 2.80. The minimum atomic E-state index is -0.373. The highest BCUT2D eigenvalue weighted by molar-refractivity contribution is 4.69. The van der Waals surface area contributed by atoms with Crippen molar-refractivity contribution in [3.63, 3.8) is 0 Å². The van der Waals surface area contributed by atoms with Crippen LogP contribution in [0.5, 0.6) is 0 Å². The Labute approximate surface area is 97.4 Å². The molecule has 5 nitrogen and oxygen atoms in total. The van der Waals surface area contributed by atoms with Crippen molar-refractivity contribution in [1.29, 1.82) is 0 Å². The molecule has 1 saturated heterocycles. The molecule has 1 fully saturated rings. The Morgan fingerprint density at radius 1 is 1.19 bits per heavy atom. The lowest BCUT2D eigenvalue weighted by atomic mass is 10.2. The van der Waals surface area contributed by atoms with Gasteiger partial charge in [-0.1, -0.05) is 6.92 Å². The molecule has 0 aromatic rings. The van der Waals surface area contributed by atoms with Gasteiger partial charge in [0.25, 0.3) is 0 Å². The van der Waals surface area contributed by atoms with Crippen LogP contribution in [0.1, 0.15) is 13.3 Å². The number of nitrogens with zero attached hydrogens (tertiary/aromatic N) is 1. The van der Waals surface area contributed by atoms with Crippen LogP contribution in [-0.4, -0.2) is 73.3 Å². The summed E-state index contributed by atoms with van der Waals surface area (Å²) in [6.07, 6.45) is 0.0600. The monoisotopic (exact) mass is 232 g/mol. The van der Waals surface area contributed by atoms with Crippen molar-refractivity contribution in [1.82, 2.24) is 10.2 Å². The van der Waals surface area contributed by atoms with Crippen molar-refractivity contribution in [3.8, 4) is 0 Å². The number of β-amino-alcohol motifs (C(OH)–C–C–N with tert-alkyl or cyclic N) is 1. The van der Waals surface area contributed by atoms with Crippen LogP contribution in [0, 0.1) is 0 Å². The Morgan fingerprint density at radius 2 is 1.81 bits per heavy atom. The summed E-state index contributed by atoms with van der Waals surface area (Å²) in [6.45, 7) is 7.02. The molecular formula is C11H24N2O3. The van der Waals surface area contributed by atoms with Crippen molar-refractivity contribution in [2.75, 3.05) is 45.9 Å². The number of ether oxygens (including phenoxy) is 1. The van der Waals surface area contributed by atoms with Crippen molar-refractivity contribution >= 4 is 0 Å². The maximum absolute atomic E-state index is 9.76. The second kappa shape index (κ2) is 7.97. The molecule has 3 N–H and O–H groups in total. The molecule has 0 radical (unpaired) electrons. The van der Waals surface area contributed by atoms with E-state index in [2.05, 4.69) is 10.2 Å². The van der Waals surface area contributed by atoms with Gasteiger partial charge in [-0.2, -0.15) is 0 Å². The number of hydrogen-bond donors (Lipinski definition) is 3. The number of morpholine rings is 1. The zero-order chi connectivity index (χ0) is 11.8. The molecule has 2 atom stereocenters. The summed E-state index contributed by atoms with van der Waals surface area (Å²) in [7, 11) is 0. The molecule has 1 aliphatic rings. The fraction of sp³-hybridized carbons (Fsp3) is 1.00. The van der Waals surface area contributed by atoms with Gasteiger partial charge in [0.15, 0.2) is 0 Å².